The van der Waals surface area contributed by atoms with Gasteiger partial charge in [0.15, 0.2) is 0 Å². The SMILES string of the molecule is CC(C)CCC(C)(C)C(=O)OC1CCC(C(C)(C)OC(=O)CC(=O)O)CC1. The third-order valence-corrected chi connectivity index (χ3v) is 5.50. The number of carbonyl (C=O) groups is 3. The fourth-order valence-corrected chi connectivity index (χ4v) is 3.47. The predicted octanol–water partition coefficient (Wildman–Crippen LogP) is 4.35. The quantitative estimate of drug-likeness (QED) is 0.469. The molecule has 0 aromatic carbocycles. The molecule has 0 aliphatic heterocycles. The molecule has 0 aromatic rings. The zero-order valence-electron chi connectivity index (χ0n) is 17.7. The summed E-state index contributed by atoms with van der Waals surface area (Å²) in [6, 6.07) is 0. The number of carbonyl (C=O) groups excluding carboxylic acids is 2. The monoisotopic (exact) mass is 384 g/mol. The van der Waals surface area contributed by atoms with Gasteiger partial charge in [0, 0.05) is 0 Å². The first-order valence-corrected chi connectivity index (χ1v) is 9.98. The second-order valence-corrected chi connectivity index (χ2v) is 9.34. The van der Waals surface area contributed by atoms with Gasteiger partial charge < -0.3 is 14.6 Å². The predicted molar refractivity (Wildman–Crippen MR) is 102 cm³/mol. The first kappa shape index (κ1) is 23.4. The molecule has 27 heavy (non-hydrogen) atoms. The Kier molecular flexibility index (Phi) is 8.30. The van der Waals surface area contributed by atoms with Crippen molar-refractivity contribution in [2.45, 2.75) is 98.2 Å². The average molecular weight is 385 g/mol. The summed E-state index contributed by atoms with van der Waals surface area (Å²) < 4.78 is 11.1. The fraction of sp³-hybridized carbons (Fsp3) is 0.857. The van der Waals surface area contributed by atoms with Crippen molar-refractivity contribution < 1.29 is 29.0 Å². The second-order valence-electron chi connectivity index (χ2n) is 9.34. The van der Waals surface area contributed by atoms with E-state index in [1.807, 2.05) is 27.7 Å². The molecular weight excluding hydrogens is 348 g/mol. The molecule has 0 atom stereocenters. The van der Waals surface area contributed by atoms with E-state index >= 15 is 0 Å². The number of hydrogen-bond donors (Lipinski definition) is 1. The second kappa shape index (κ2) is 9.56. The van der Waals surface area contributed by atoms with Crippen molar-refractivity contribution in [1.82, 2.24) is 0 Å². The Bertz CT molecular complexity index is 527. The van der Waals surface area contributed by atoms with Crippen LogP contribution >= 0.6 is 0 Å². The van der Waals surface area contributed by atoms with E-state index in [0.29, 0.717) is 5.92 Å². The Balaban J connectivity index is 2.50. The van der Waals surface area contributed by atoms with E-state index in [0.717, 1.165) is 38.5 Å². The molecule has 0 amide bonds. The Morgan fingerprint density at radius 1 is 1.04 bits per heavy atom. The third kappa shape index (κ3) is 7.89. The van der Waals surface area contributed by atoms with Gasteiger partial charge in [-0.25, -0.2) is 0 Å². The van der Waals surface area contributed by atoms with Gasteiger partial charge in [0.1, 0.15) is 18.1 Å². The number of hydrogen-bond acceptors (Lipinski definition) is 5. The van der Waals surface area contributed by atoms with Crippen molar-refractivity contribution in [3.8, 4) is 0 Å². The summed E-state index contributed by atoms with van der Waals surface area (Å²) in [4.78, 5) is 34.8. The standard InChI is InChI=1S/C21H36O6/c1-14(2)11-12-20(3,4)19(25)26-16-9-7-15(8-10-16)21(5,6)27-18(24)13-17(22)23/h14-16H,7-13H2,1-6H3,(H,22,23). The van der Waals surface area contributed by atoms with Crippen LogP contribution in [-0.4, -0.2) is 34.7 Å². The van der Waals surface area contributed by atoms with Crippen LogP contribution in [0.2, 0.25) is 0 Å². The molecule has 0 saturated heterocycles. The van der Waals surface area contributed by atoms with Gasteiger partial charge in [0.05, 0.1) is 5.41 Å². The van der Waals surface area contributed by atoms with Crippen molar-refractivity contribution >= 4 is 17.9 Å². The summed E-state index contributed by atoms with van der Waals surface area (Å²) in [5, 5.41) is 8.69. The molecule has 0 aromatic heterocycles. The molecular formula is C21H36O6. The van der Waals surface area contributed by atoms with Crippen LogP contribution in [0.1, 0.15) is 86.5 Å². The molecule has 6 heteroatoms. The van der Waals surface area contributed by atoms with E-state index in [9.17, 15) is 14.4 Å². The van der Waals surface area contributed by atoms with Gasteiger partial charge in [-0.1, -0.05) is 13.8 Å². The maximum absolute atomic E-state index is 12.5. The number of esters is 2. The highest BCUT2D eigenvalue weighted by Crippen LogP contribution is 2.37. The highest BCUT2D eigenvalue weighted by atomic mass is 16.6. The minimum atomic E-state index is -1.19. The van der Waals surface area contributed by atoms with E-state index in [2.05, 4.69) is 13.8 Å². The van der Waals surface area contributed by atoms with Crippen LogP contribution in [0.4, 0.5) is 0 Å². The summed E-state index contributed by atoms with van der Waals surface area (Å²) in [6.07, 6.45) is 4.10. The lowest BCUT2D eigenvalue weighted by atomic mass is 9.77. The number of carboxylic acids is 1. The zero-order valence-corrected chi connectivity index (χ0v) is 17.7. The van der Waals surface area contributed by atoms with Crippen LogP contribution in [0.3, 0.4) is 0 Å². The lowest BCUT2D eigenvalue weighted by molar-refractivity contribution is -0.169. The maximum atomic E-state index is 12.5. The summed E-state index contributed by atoms with van der Waals surface area (Å²) in [5.41, 5.74) is -1.20. The number of rotatable bonds is 9. The van der Waals surface area contributed by atoms with Gasteiger partial charge in [-0.3, -0.25) is 14.4 Å². The minimum Gasteiger partial charge on any atom is -0.481 e. The summed E-state index contributed by atoms with van der Waals surface area (Å²) in [7, 11) is 0. The van der Waals surface area contributed by atoms with Crippen LogP contribution in [0.15, 0.2) is 0 Å². The van der Waals surface area contributed by atoms with Crippen LogP contribution < -0.4 is 0 Å². The van der Waals surface area contributed by atoms with Crippen LogP contribution in [0.5, 0.6) is 0 Å². The Hall–Kier alpha value is -1.59. The van der Waals surface area contributed by atoms with Gasteiger partial charge in [-0.05, 0) is 78.1 Å². The van der Waals surface area contributed by atoms with Crippen molar-refractivity contribution in [3.63, 3.8) is 0 Å². The summed E-state index contributed by atoms with van der Waals surface area (Å²) in [5.74, 6) is -1.36. The first-order chi connectivity index (χ1) is 12.3. The van der Waals surface area contributed by atoms with Crippen molar-refractivity contribution in [2.24, 2.45) is 17.3 Å². The number of ether oxygens (including phenoxy) is 2. The van der Waals surface area contributed by atoms with Crippen LogP contribution in [0, 0.1) is 17.3 Å². The summed E-state index contributed by atoms with van der Waals surface area (Å²) >= 11 is 0. The zero-order chi connectivity index (χ0) is 20.8. The van der Waals surface area contributed by atoms with Gasteiger partial charge >= 0.3 is 17.9 Å². The molecule has 1 aliphatic rings. The van der Waals surface area contributed by atoms with Gasteiger partial charge in [0.25, 0.3) is 0 Å². The van der Waals surface area contributed by atoms with Gasteiger partial charge in [-0.2, -0.15) is 0 Å². The smallest absolute Gasteiger partial charge is 0.317 e. The van der Waals surface area contributed by atoms with Crippen LogP contribution in [0.25, 0.3) is 0 Å². The fourth-order valence-electron chi connectivity index (χ4n) is 3.47. The number of carboxylic acid groups (broad SMARTS) is 1. The molecule has 0 radical (unpaired) electrons. The maximum Gasteiger partial charge on any atom is 0.317 e. The lowest BCUT2D eigenvalue weighted by Gasteiger charge is -2.39. The molecule has 156 valence electrons. The highest BCUT2D eigenvalue weighted by Gasteiger charge is 2.38. The Morgan fingerprint density at radius 3 is 2.07 bits per heavy atom. The van der Waals surface area contributed by atoms with Gasteiger partial charge in [-0.15, -0.1) is 0 Å². The minimum absolute atomic E-state index is 0.0994. The molecule has 0 spiro atoms. The van der Waals surface area contributed by atoms with Crippen molar-refractivity contribution in [3.05, 3.63) is 0 Å². The molecule has 1 fully saturated rings. The first-order valence-electron chi connectivity index (χ1n) is 9.98. The van der Waals surface area contributed by atoms with Crippen LogP contribution in [-0.2, 0) is 23.9 Å². The highest BCUT2D eigenvalue weighted by molar-refractivity contribution is 5.90. The van der Waals surface area contributed by atoms with E-state index in [-0.39, 0.29) is 18.0 Å². The van der Waals surface area contributed by atoms with E-state index < -0.39 is 29.4 Å². The lowest BCUT2D eigenvalue weighted by Crippen LogP contribution is -2.41. The van der Waals surface area contributed by atoms with Gasteiger partial charge in [0.2, 0.25) is 0 Å². The molecule has 1 aliphatic carbocycles. The molecule has 0 bridgehead atoms. The average Bonchev–Trinajstić information content (AvgIpc) is 2.52. The largest absolute Gasteiger partial charge is 0.481 e. The molecule has 0 heterocycles. The summed E-state index contributed by atoms with van der Waals surface area (Å²) in [6.45, 7) is 11.8. The normalized spacial score (nSPS) is 21.0. The van der Waals surface area contributed by atoms with E-state index in [4.69, 9.17) is 14.6 Å². The third-order valence-electron chi connectivity index (χ3n) is 5.50. The Labute approximate surface area is 163 Å². The number of aliphatic carboxylic acids is 1. The van der Waals surface area contributed by atoms with E-state index in [1.165, 1.54) is 0 Å². The van der Waals surface area contributed by atoms with E-state index in [1.54, 1.807) is 0 Å². The molecule has 1 saturated carbocycles. The Morgan fingerprint density at radius 2 is 1.59 bits per heavy atom. The molecule has 0 unspecified atom stereocenters. The molecule has 6 nitrogen and oxygen atoms in total. The van der Waals surface area contributed by atoms with Crippen molar-refractivity contribution in [1.29, 1.82) is 0 Å². The molecule has 1 rings (SSSR count). The van der Waals surface area contributed by atoms with Crippen molar-refractivity contribution in [2.75, 3.05) is 0 Å². The topological polar surface area (TPSA) is 89.9 Å². The molecule has 1 N–H and O–H groups in total.